The summed E-state index contributed by atoms with van der Waals surface area (Å²) >= 11 is 0. The predicted octanol–water partition coefficient (Wildman–Crippen LogP) is 2.55. The van der Waals surface area contributed by atoms with E-state index in [1.165, 1.54) is 38.6 Å². The van der Waals surface area contributed by atoms with Crippen LogP contribution in [0.15, 0.2) is 0 Å². The molecule has 0 aromatic heterocycles. The highest BCUT2D eigenvalue weighted by Crippen LogP contribution is 2.15. The molecule has 17 heavy (non-hydrogen) atoms. The Bertz CT molecular complexity index is 164. The molecule has 1 aliphatic rings. The van der Waals surface area contributed by atoms with Crippen LogP contribution in [0.5, 0.6) is 0 Å². The third kappa shape index (κ3) is 7.02. The highest BCUT2D eigenvalue weighted by Gasteiger charge is 2.10. The number of hydrogen-bond donors (Lipinski definition) is 0. The van der Waals surface area contributed by atoms with Gasteiger partial charge in [0.25, 0.3) is 0 Å². The minimum Gasteiger partial charge on any atom is -0.384 e. The second-order valence-electron chi connectivity index (χ2n) is 5.06. The maximum Gasteiger partial charge on any atom is 0.0594 e. The second kappa shape index (κ2) is 9.86. The summed E-state index contributed by atoms with van der Waals surface area (Å²) in [4.78, 5) is 2.52. The van der Waals surface area contributed by atoms with Gasteiger partial charge in [-0.3, -0.25) is 4.90 Å². The summed E-state index contributed by atoms with van der Waals surface area (Å²) in [6, 6.07) is 0. The van der Waals surface area contributed by atoms with Gasteiger partial charge < -0.3 is 9.47 Å². The maximum absolute atomic E-state index is 5.35. The molecule has 0 saturated carbocycles. The van der Waals surface area contributed by atoms with Crippen molar-refractivity contribution in [3.05, 3.63) is 0 Å². The number of rotatable bonds is 9. The third-order valence-electron chi connectivity index (χ3n) is 3.54. The molecule has 0 unspecified atom stereocenters. The Hall–Kier alpha value is -0.120. The van der Waals surface area contributed by atoms with Crippen LogP contribution in [-0.4, -0.2) is 51.5 Å². The lowest BCUT2D eigenvalue weighted by Crippen LogP contribution is -2.36. The van der Waals surface area contributed by atoms with E-state index in [-0.39, 0.29) is 0 Å². The molecule has 0 N–H and O–H groups in total. The fraction of sp³-hybridized carbons (Fsp3) is 1.00. The van der Waals surface area contributed by atoms with Crippen molar-refractivity contribution in [3.8, 4) is 0 Å². The lowest BCUT2D eigenvalue weighted by atomic mass is 9.98. The minimum atomic E-state index is 0.773. The van der Waals surface area contributed by atoms with Crippen LogP contribution in [0.3, 0.4) is 0 Å². The quantitative estimate of drug-likeness (QED) is 0.581. The van der Waals surface area contributed by atoms with Crippen molar-refractivity contribution in [2.24, 2.45) is 5.92 Å². The highest BCUT2D eigenvalue weighted by atomic mass is 16.5. The molecule has 1 saturated heterocycles. The van der Waals surface area contributed by atoms with Crippen LogP contribution < -0.4 is 0 Å². The Morgan fingerprint density at radius 3 is 2.59 bits per heavy atom. The van der Waals surface area contributed by atoms with Crippen LogP contribution in [0.25, 0.3) is 0 Å². The fourth-order valence-electron chi connectivity index (χ4n) is 2.55. The van der Waals surface area contributed by atoms with Crippen molar-refractivity contribution in [2.45, 2.75) is 39.0 Å². The van der Waals surface area contributed by atoms with Crippen LogP contribution in [0.1, 0.15) is 39.0 Å². The van der Waals surface area contributed by atoms with E-state index in [0.717, 1.165) is 38.8 Å². The Morgan fingerprint density at radius 2 is 1.94 bits per heavy atom. The molecular formula is C14H29NO2. The van der Waals surface area contributed by atoms with E-state index >= 15 is 0 Å². The van der Waals surface area contributed by atoms with E-state index in [1.807, 2.05) is 7.11 Å². The zero-order valence-corrected chi connectivity index (χ0v) is 11.6. The number of methoxy groups -OCH3 is 1. The summed E-state index contributed by atoms with van der Waals surface area (Å²) in [5.41, 5.74) is 0. The van der Waals surface area contributed by atoms with Gasteiger partial charge in [-0.2, -0.15) is 0 Å². The summed E-state index contributed by atoms with van der Waals surface area (Å²) < 4.78 is 10.6. The van der Waals surface area contributed by atoms with Crippen LogP contribution in [0.2, 0.25) is 0 Å². The second-order valence-corrected chi connectivity index (χ2v) is 5.06. The first-order valence-corrected chi connectivity index (χ1v) is 7.15. The van der Waals surface area contributed by atoms with E-state index < -0.39 is 0 Å². The molecule has 0 radical (unpaired) electrons. The van der Waals surface area contributed by atoms with Crippen LogP contribution in [-0.2, 0) is 9.47 Å². The number of ether oxygens (including phenoxy) is 2. The predicted molar refractivity (Wildman–Crippen MR) is 71.4 cm³/mol. The van der Waals surface area contributed by atoms with Crippen LogP contribution in [0.4, 0.5) is 0 Å². The molecule has 0 aromatic rings. The van der Waals surface area contributed by atoms with E-state index in [2.05, 4.69) is 11.8 Å². The summed E-state index contributed by atoms with van der Waals surface area (Å²) in [5.74, 6) is 0.773. The van der Waals surface area contributed by atoms with Gasteiger partial charge in [-0.15, -0.1) is 0 Å². The summed E-state index contributed by atoms with van der Waals surface area (Å²) in [6.45, 7) is 8.52. The standard InChI is InChI=1S/C14H29NO2/c1-3-6-14(13-16-2)7-4-5-8-15-9-11-17-12-10-15/h14H,3-13H2,1-2H3/t14-/m0/s1. The monoisotopic (exact) mass is 243 g/mol. The molecule has 1 heterocycles. The number of morpholine rings is 1. The van der Waals surface area contributed by atoms with Gasteiger partial charge in [-0.05, 0) is 31.7 Å². The van der Waals surface area contributed by atoms with Crippen molar-refractivity contribution in [1.29, 1.82) is 0 Å². The number of nitrogens with zero attached hydrogens (tertiary/aromatic N) is 1. The molecule has 0 bridgehead atoms. The number of unbranched alkanes of at least 4 members (excludes halogenated alkanes) is 1. The normalized spacial score (nSPS) is 19.4. The first kappa shape index (κ1) is 14.9. The Morgan fingerprint density at radius 1 is 1.18 bits per heavy atom. The molecule has 3 nitrogen and oxygen atoms in total. The van der Waals surface area contributed by atoms with Crippen molar-refractivity contribution >= 4 is 0 Å². The molecule has 1 atom stereocenters. The van der Waals surface area contributed by atoms with Gasteiger partial charge in [0, 0.05) is 26.8 Å². The number of hydrogen-bond acceptors (Lipinski definition) is 3. The molecule has 102 valence electrons. The molecule has 1 fully saturated rings. The minimum absolute atomic E-state index is 0.773. The Kier molecular flexibility index (Phi) is 8.67. The Balaban J connectivity index is 2.00. The van der Waals surface area contributed by atoms with Crippen molar-refractivity contribution < 1.29 is 9.47 Å². The first-order valence-electron chi connectivity index (χ1n) is 7.15. The molecule has 0 aliphatic carbocycles. The average Bonchev–Trinajstić information content (AvgIpc) is 2.36. The van der Waals surface area contributed by atoms with Crippen molar-refractivity contribution in [3.63, 3.8) is 0 Å². The fourth-order valence-corrected chi connectivity index (χ4v) is 2.55. The van der Waals surface area contributed by atoms with Gasteiger partial charge in [-0.1, -0.05) is 19.8 Å². The van der Waals surface area contributed by atoms with E-state index in [1.54, 1.807) is 0 Å². The third-order valence-corrected chi connectivity index (χ3v) is 3.54. The van der Waals surface area contributed by atoms with Gasteiger partial charge >= 0.3 is 0 Å². The van der Waals surface area contributed by atoms with Crippen LogP contribution >= 0.6 is 0 Å². The average molecular weight is 243 g/mol. The van der Waals surface area contributed by atoms with E-state index in [0.29, 0.717) is 0 Å². The van der Waals surface area contributed by atoms with Crippen LogP contribution in [0, 0.1) is 5.92 Å². The summed E-state index contributed by atoms with van der Waals surface area (Å²) in [6.07, 6.45) is 6.57. The molecule has 1 aliphatic heterocycles. The van der Waals surface area contributed by atoms with Gasteiger partial charge in [0.2, 0.25) is 0 Å². The molecular weight excluding hydrogens is 214 g/mol. The van der Waals surface area contributed by atoms with Gasteiger partial charge in [0.05, 0.1) is 13.2 Å². The van der Waals surface area contributed by atoms with Crippen molar-refractivity contribution in [1.82, 2.24) is 4.90 Å². The smallest absolute Gasteiger partial charge is 0.0594 e. The molecule has 1 rings (SSSR count). The lowest BCUT2D eigenvalue weighted by molar-refractivity contribution is 0.0368. The van der Waals surface area contributed by atoms with Gasteiger partial charge in [0.1, 0.15) is 0 Å². The van der Waals surface area contributed by atoms with Gasteiger partial charge in [0.15, 0.2) is 0 Å². The highest BCUT2D eigenvalue weighted by molar-refractivity contribution is 4.63. The Labute approximate surface area is 106 Å². The van der Waals surface area contributed by atoms with Crippen molar-refractivity contribution in [2.75, 3.05) is 46.6 Å². The largest absolute Gasteiger partial charge is 0.384 e. The molecule has 3 heteroatoms. The topological polar surface area (TPSA) is 21.7 Å². The first-order chi connectivity index (χ1) is 8.36. The molecule has 0 amide bonds. The summed E-state index contributed by atoms with van der Waals surface area (Å²) in [7, 11) is 1.82. The lowest BCUT2D eigenvalue weighted by Gasteiger charge is -2.26. The SMILES string of the molecule is CCC[C@@H](CCCCN1CCOCC1)COC. The zero-order valence-electron chi connectivity index (χ0n) is 11.6. The molecule has 0 aromatic carbocycles. The molecule has 0 spiro atoms. The zero-order chi connectivity index (χ0) is 12.3. The van der Waals surface area contributed by atoms with E-state index in [4.69, 9.17) is 9.47 Å². The summed E-state index contributed by atoms with van der Waals surface area (Å²) in [5, 5.41) is 0. The van der Waals surface area contributed by atoms with Gasteiger partial charge in [-0.25, -0.2) is 0 Å². The van der Waals surface area contributed by atoms with E-state index in [9.17, 15) is 0 Å². The maximum atomic E-state index is 5.35.